The summed E-state index contributed by atoms with van der Waals surface area (Å²) in [6.45, 7) is 0. The third-order valence-corrected chi connectivity index (χ3v) is 19.4. The number of aromatic nitrogens is 2. The summed E-state index contributed by atoms with van der Waals surface area (Å²) in [4.78, 5) is 0. The van der Waals surface area contributed by atoms with Crippen LogP contribution in [0.1, 0.15) is 0 Å². The van der Waals surface area contributed by atoms with Crippen LogP contribution in [-0.2, 0) is 0 Å². The Hall–Kier alpha value is -7.76. The fourth-order valence-corrected chi connectivity index (χ4v) is 16.6. The Labute approximate surface area is 376 Å². The Morgan fingerprint density at radius 3 is 1.36 bits per heavy atom. The van der Waals surface area contributed by atoms with E-state index < -0.39 is 8.07 Å². The lowest BCUT2D eigenvalue weighted by molar-refractivity contribution is 1.17. The first kappa shape index (κ1) is 36.9. The fourth-order valence-electron chi connectivity index (χ4n) is 10.7. The average molecular weight is 849 g/mol. The number of hydrogen-bond acceptors (Lipinski definition) is 1. The molecule has 13 rings (SSSR count). The van der Waals surface area contributed by atoms with Gasteiger partial charge in [-0.05, 0) is 98.6 Å². The lowest BCUT2D eigenvalue weighted by Crippen LogP contribution is -2.74. The Kier molecular flexibility index (Phi) is 8.45. The second-order valence-corrected chi connectivity index (χ2v) is 21.7. The minimum Gasteiger partial charge on any atom is -0.309 e. The zero-order chi connectivity index (χ0) is 42.2. The molecular weight excluding hydrogens is 809 g/mol. The minimum absolute atomic E-state index is 1.15. The van der Waals surface area contributed by atoms with E-state index in [0.29, 0.717) is 0 Å². The Morgan fingerprint density at radius 2 is 0.719 bits per heavy atom. The first-order valence-corrected chi connectivity index (χ1v) is 24.8. The first-order chi connectivity index (χ1) is 31.7. The van der Waals surface area contributed by atoms with Crippen molar-refractivity contribution in [2.75, 3.05) is 0 Å². The summed E-state index contributed by atoms with van der Waals surface area (Å²) >= 11 is 1.87. The SMILES string of the molecule is c1ccc([Si](c2ccccc2)(c2ccccc2)c2cccc(-n3c4ccccc4c4cc(-n5c6ccccc6c6cc(-c7ccc8c(c7)sc7ccccc78)ccc65)ccc43)c2)cc1. The molecule has 10 aromatic carbocycles. The van der Waals surface area contributed by atoms with Gasteiger partial charge < -0.3 is 9.13 Å². The van der Waals surface area contributed by atoms with Crippen molar-refractivity contribution >= 4 is 104 Å². The lowest BCUT2D eigenvalue weighted by atomic mass is 10.0. The van der Waals surface area contributed by atoms with Crippen molar-refractivity contribution in [3.63, 3.8) is 0 Å². The topological polar surface area (TPSA) is 9.86 Å². The molecule has 0 unspecified atom stereocenters. The van der Waals surface area contributed by atoms with Gasteiger partial charge in [0.15, 0.2) is 8.07 Å². The summed E-state index contributed by atoms with van der Waals surface area (Å²) < 4.78 is 7.59. The highest BCUT2D eigenvalue weighted by Gasteiger charge is 2.41. The van der Waals surface area contributed by atoms with Gasteiger partial charge in [-0.1, -0.05) is 176 Å². The molecule has 0 amide bonds. The third-order valence-electron chi connectivity index (χ3n) is 13.5. The number of thiophene rings is 1. The molecular formula is C60H40N2SSi. The summed E-state index contributed by atoms with van der Waals surface area (Å²) in [7, 11) is -2.74. The standard InChI is InChI=1S/C60H40N2SSi/c1-4-18-45(19-5-1)64(46-20-6-2-7-21-46,47-22-8-3-9-23-47)48-24-16-17-43(39-48)61-56-29-14-11-26-50(56)54-40-44(33-36-58(54)61)62-55-28-13-10-25-49(55)53-37-41(32-35-57(53)62)42-31-34-52-51-27-12-15-30-59(51)63-60(52)38-42/h1-40H. The normalized spacial score (nSPS) is 12.1. The second kappa shape index (κ2) is 14.7. The summed E-state index contributed by atoms with van der Waals surface area (Å²) in [6, 6.07) is 90.5. The van der Waals surface area contributed by atoms with Crippen LogP contribution in [0.15, 0.2) is 243 Å². The van der Waals surface area contributed by atoms with E-state index in [1.165, 1.54) is 95.7 Å². The minimum atomic E-state index is -2.74. The van der Waals surface area contributed by atoms with Gasteiger partial charge >= 0.3 is 0 Å². The predicted molar refractivity (Wildman–Crippen MR) is 277 cm³/mol. The largest absolute Gasteiger partial charge is 0.309 e. The van der Waals surface area contributed by atoms with Crippen molar-refractivity contribution in [3.8, 4) is 22.5 Å². The first-order valence-electron chi connectivity index (χ1n) is 22.0. The Balaban J connectivity index is 0.983. The van der Waals surface area contributed by atoms with E-state index in [-0.39, 0.29) is 0 Å². The maximum Gasteiger partial charge on any atom is 0.179 e. The molecule has 2 nitrogen and oxygen atoms in total. The average Bonchev–Trinajstić information content (AvgIpc) is 4.02. The van der Waals surface area contributed by atoms with Crippen molar-refractivity contribution in [1.29, 1.82) is 0 Å². The van der Waals surface area contributed by atoms with E-state index in [0.717, 1.165) is 11.4 Å². The van der Waals surface area contributed by atoms with Gasteiger partial charge in [0, 0.05) is 53.1 Å². The molecule has 13 aromatic rings. The van der Waals surface area contributed by atoms with E-state index in [4.69, 9.17) is 0 Å². The van der Waals surface area contributed by atoms with Gasteiger partial charge in [-0.2, -0.15) is 0 Å². The monoisotopic (exact) mass is 848 g/mol. The van der Waals surface area contributed by atoms with Crippen LogP contribution in [0, 0.1) is 0 Å². The summed E-state index contributed by atoms with van der Waals surface area (Å²) in [5.74, 6) is 0. The molecule has 0 spiro atoms. The summed E-state index contributed by atoms with van der Waals surface area (Å²) in [6.07, 6.45) is 0. The molecule has 4 heteroatoms. The molecule has 0 saturated heterocycles. The lowest BCUT2D eigenvalue weighted by Gasteiger charge is -2.34. The zero-order valence-electron chi connectivity index (χ0n) is 34.9. The molecule has 0 aliphatic heterocycles. The van der Waals surface area contributed by atoms with Crippen LogP contribution in [0.2, 0.25) is 0 Å². The molecule has 0 radical (unpaired) electrons. The fraction of sp³-hybridized carbons (Fsp3) is 0. The molecule has 3 heterocycles. The maximum atomic E-state index is 2.48. The van der Waals surface area contributed by atoms with Crippen LogP contribution in [0.25, 0.3) is 86.3 Å². The summed E-state index contributed by atoms with van der Waals surface area (Å²) in [5, 5.41) is 13.1. The van der Waals surface area contributed by atoms with Gasteiger partial charge in [0.05, 0.1) is 22.1 Å². The molecule has 0 bridgehead atoms. The smallest absolute Gasteiger partial charge is 0.179 e. The van der Waals surface area contributed by atoms with Crippen LogP contribution in [0.4, 0.5) is 0 Å². The van der Waals surface area contributed by atoms with Crippen molar-refractivity contribution in [1.82, 2.24) is 9.13 Å². The van der Waals surface area contributed by atoms with Crippen LogP contribution in [0.5, 0.6) is 0 Å². The van der Waals surface area contributed by atoms with E-state index in [9.17, 15) is 0 Å². The molecule has 0 N–H and O–H groups in total. The molecule has 0 saturated carbocycles. The number of fused-ring (bicyclic) bond motifs is 9. The van der Waals surface area contributed by atoms with E-state index in [1.807, 2.05) is 11.3 Å². The molecule has 0 atom stereocenters. The van der Waals surface area contributed by atoms with Crippen molar-refractivity contribution < 1.29 is 0 Å². The van der Waals surface area contributed by atoms with Crippen molar-refractivity contribution in [2.45, 2.75) is 0 Å². The van der Waals surface area contributed by atoms with Crippen LogP contribution < -0.4 is 20.7 Å². The van der Waals surface area contributed by atoms with E-state index in [1.54, 1.807) is 0 Å². The molecule has 0 aliphatic carbocycles. The number of para-hydroxylation sites is 2. The van der Waals surface area contributed by atoms with Gasteiger partial charge in [0.2, 0.25) is 0 Å². The zero-order valence-corrected chi connectivity index (χ0v) is 36.7. The number of nitrogens with zero attached hydrogens (tertiary/aromatic N) is 2. The number of hydrogen-bond donors (Lipinski definition) is 0. The third kappa shape index (κ3) is 5.56. The quantitative estimate of drug-likeness (QED) is 0.112. The molecule has 3 aromatic heterocycles. The van der Waals surface area contributed by atoms with E-state index in [2.05, 4.69) is 252 Å². The van der Waals surface area contributed by atoms with Gasteiger partial charge in [0.1, 0.15) is 0 Å². The van der Waals surface area contributed by atoms with Crippen LogP contribution in [-0.4, -0.2) is 17.2 Å². The van der Waals surface area contributed by atoms with Crippen molar-refractivity contribution in [3.05, 3.63) is 243 Å². The highest BCUT2D eigenvalue weighted by Crippen LogP contribution is 2.40. The van der Waals surface area contributed by atoms with Crippen molar-refractivity contribution in [2.24, 2.45) is 0 Å². The molecule has 64 heavy (non-hydrogen) atoms. The van der Waals surface area contributed by atoms with Gasteiger partial charge in [-0.3, -0.25) is 0 Å². The Bertz CT molecular complexity index is 3800. The maximum absolute atomic E-state index is 2.74. The van der Waals surface area contributed by atoms with Gasteiger partial charge in [0.25, 0.3) is 0 Å². The van der Waals surface area contributed by atoms with Gasteiger partial charge in [-0.25, -0.2) is 0 Å². The van der Waals surface area contributed by atoms with Gasteiger partial charge in [-0.15, -0.1) is 11.3 Å². The predicted octanol–water partition coefficient (Wildman–Crippen LogP) is 13.3. The molecule has 0 aliphatic rings. The number of rotatable bonds is 7. The van der Waals surface area contributed by atoms with Crippen LogP contribution in [0.3, 0.4) is 0 Å². The molecule has 300 valence electrons. The summed E-state index contributed by atoms with van der Waals surface area (Å²) in [5.41, 5.74) is 9.57. The second-order valence-electron chi connectivity index (χ2n) is 16.8. The highest BCUT2D eigenvalue weighted by molar-refractivity contribution is 7.25. The number of benzene rings is 10. The Morgan fingerprint density at radius 1 is 0.266 bits per heavy atom. The van der Waals surface area contributed by atoms with Crippen LogP contribution >= 0.6 is 11.3 Å². The highest BCUT2D eigenvalue weighted by atomic mass is 32.1. The molecule has 0 fully saturated rings. The van der Waals surface area contributed by atoms with E-state index >= 15 is 0 Å².